The molecule has 0 radical (unpaired) electrons. The SMILES string of the molecule is CCn1c(SCc2cccc([N+](=O)[O-])c2)nnc1-c1ccc(Br)cc1. The Bertz CT molecular complexity index is 896. The molecular formula is C17H15BrN4O2S. The van der Waals surface area contributed by atoms with E-state index in [1.54, 1.807) is 12.1 Å². The highest BCUT2D eigenvalue weighted by molar-refractivity contribution is 9.10. The fourth-order valence-electron chi connectivity index (χ4n) is 2.40. The van der Waals surface area contributed by atoms with Gasteiger partial charge in [-0.1, -0.05) is 52.0 Å². The van der Waals surface area contributed by atoms with Gasteiger partial charge in [0.25, 0.3) is 5.69 Å². The van der Waals surface area contributed by atoms with Gasteiger partial charge in [0.2, 0.25) is 0 Å². The number of rotatable bonds is 6. The molecule has 0 amide bonds. The molecule has 0 bridgehead atoms. The third-order valence-corrected chi connectivity index (χ3v) is 5.19. The van der Waals surface area contributed by atoms with Gasteiger partial charge in [-0.25, -0.2) is 0 Å². The molecule has 0 atom stereocenters. The van der Waals surface area contributed by atoms with Crippen LogP contribution in [-0.4, -0.2) is 19.7 Å². The zero-order valence-electron chi connectivity index (χ0n) is 13.4. The number of non-ortho nitro benzene ring substituents is 1. The summed E-state index contributed by atoms with van der Waals surface area (Å²) >= 11 is 4.95. The Morgan fingerprint density at radius 1 is 1.20 bits per heavy atom. The first-order valence-corrected chi connectivity index (χ1v) is 9.41. The van der Waals surface area contributed by atoms with Crippen LogP contribution in [0.25, 0.3) is 11.4 Å². The van der Waals surface area contributed by atoms with Gasteiger partial charge in [0, 0.05) is 34.5 Å². The molecule has 0 unspecified atom stereocenters. The Morgan fingerprint density at radius 3 is 2.64 bits per heavy atom. The quantitative estimate of drug-likeness (QED) is 0.322. The highest BCUT2D eigenvalue weighted by atomic mass is 79.9. The Labute approximate surface area is 157 Å². The third-order valence-electron chi connectivity index (χ3n) is 3.62. The number of hydrogen-bond donors (Lipinski definition) is 0. The van der Waals surface area contributed by atoms with Crippen molar-refractivity contribution in [1.29, 1.82) is 0 Å². The number of halogens is 1. The fourth-order valence-corrected chi connectivity index (χ4v) is 3.61. The predicted molar refractivity (Wildman–Crippen MR) is 101 cm³/mol. The van der Waals surface area contributed by atoms with Crippen LogP contribution in [0, 0.1) is 10.1 Å². The van der Waals surface area contributed by atoms with Gasteiger partial charge in [0.15, 0.2) is 11.0 Å². The minimum atomic E-state index is -0.381. The molecule has 0 aliphatic heterocycles. The van der Waals surface area contributed by atoms with Crippen LogP contribution in [0.15, 0.2) is 58.2 Å². The Hall–Kier alpha value is -2.19. The van der Waals surface area contributed by atoms with Crippen molar-refractivity contribution < 1.29 is 4.92 Å². The van der Waals surface area contributed by atoms with E-state index in [0.29, 0.717) is 5.75 Å². The first kappa shape index (κ1) is 17.6. The molecule has 0 fully saturated rings. The molecule has 0 aliphatic carbocycles. The largest absolute Gasteiger partial charge is 0.302 e. The average molecular weight is 419 g/mol. The summed E-state index contributed by atoms with van der Waals surface area (Å²) in [5, 5.41) is 20.3. The molecule has 0 saturated carbocycles. The van der Waals surface area contributed by atoms with Gasteiger partial charge in [-0.3, -0.25) is 10.1 Å². The van der Waals surface area contributed by atoms with Crippen molar-refractivity contribution >= 4 is 33.4 Å². The van der Waals surface area contributed by atoms with Crippen molar-refractivity contribution in [2.75, 3.05) is 0 Å². The van der Waals surface area contributed by atoms with E-state index in [1.807, 2.05) is 41.8 Å². The molecular weight excluding hydrogens is 404 g/mol. The van der Waals surface area contributed by atoms with Crippen molar-refractivity contribution in [3.63, 3.8) is 0 Å². The monoisotopic (exact) mass is 418 g/mol. The predicted octanol–water partition coefficient (Wildman–Crippen LogP) is 4.93. The van der Waals surface area contributed by atoms with Crippen molar-refractivity contribution in [3.8, 4) is 11.4 Å². The van der Waals surface area contributed by atoms with Crippen molar-refractivity contribution in [3.05, 3.63) is 68.7 Å². The van der Waals surface area contributed by atoms with E-state index in [0.717, 1.165) is 33.1 Å². The number of hydrogen-bond acceptors (Lipinski definition) is 5. The Morgan fingerprint density at radius 2 is 1.96 bits per heavy atom. The molecule has 3 rings (SSSR count). The standard InChI is InChI=1S/C17H15BrN4O2S/c1-2-21-16(13-6-8-14(18)9-7-13)19-20-17(21)25-11-12-4-3-5-15(10-12)22(23)24/h3-10H,2,11H2,1H3. The average Bonchev–Trinajstić information content (AvgIpc) is 3.03. The lowest BCUT2D eigenvalue weighted by molar-refractivity contribution is -0.384. The molecule has 128 valence electrons. The van der Waals surface area contributed by atoms with Gasteiger partial charge in [-0.15, -0.1) is 10.2 Å². The van der Waals surface area contributed by atoms with Crippen molar-refractivity contribution in [2.45, 2.75) is 24.4 Å². The molecule has 6 nitrogen and oxygen atoms in total. The highest BCUT2D eigenvalue weighted by Crippen LogP contribution is 2.28. The van der Waals surface area contributed by atoms with Crippen molar-refractivity contribution in [1.82, 2.24) is 14.8 Å². The highest BCUT2D eigenvalue weighted by Gasteiger charge is 2.14. The summed E-state index contributed by atoms with van der Waals surface area (Å²) in [4.78, 5) is 10.5. The second kappa shape index (κ2) is 7.79. The minimum absolute atomic E-state index is 0.102. The van der Waals surface area contributed by atoms with Crippen LogP contribution in [0.1, 0.15) is 12.5 Å². The van der Waals surface area contributed by atoms with Crippen molar-refractivity contribution in [2.24, 2.45) is 0 Å². The molecule has 0 spiro atoms. The summed E-state index contributed by atoms with van der Waals surface area (Å²) in [6.07, 6.45) is 0. The number of aromatic nitrogens is 3. The lowest BCUT2D eigenvalue weighted by Crippen LogP contribution is -2.00. The number of thioether (sulfide) groups is 1. The van der Waals surface area contributed by atoms with Crippen LogP contribution in [0.4, 0.5) is 5.69 Å². The van der Waals surface area contributed by atoms with Gasteiger partial charge in [0.05, 0.1) is 4.92 Å². The number of benzene rings is 2. The smallest absolute Gasteiger partial charge is 0.269 e. The van der Waals surface area contributed by atoms with Gasteiger partial charge in [-0.05, 0) is 24.6 Å². The molecule has 25 heavy (non-hydrogen) atoms. The van der Waals surface area contributed by atoms with Crippen LogP contribution in [0.5, 0.6) is 0 Å². The first-order valence-electron chi connectivity index (χ1n) is 7.63. The number of nitro groups is 1. The van der Waals surface area contributed by atoms with Gasteiger partial charge in [-0.2, -0.15) is 0 Å². The normalized spacial score (nSPS) is 10.8. The summed E-state index contributed by atoms with van der Waals surface area (Å²) < 4.78 is 3.06. The van der Waals surface area contributed by atoms with E-state index in [1.165, 1.54) is 17.8 Å². The lowest BCUT2D eigenvalue weighted by Gasteiger charge is -2.07. The van der Waals surface area contributed by atoms with E-state index in [4.69, 9.17) is 0 Å². The third kappa shape index (κ3) is 4.08. The second-order valence-electron chi connectivity index (χ2n) is 5.27. The van der Waals surface area contributed by atoms with Crippen LogP contribution < -0.4 is 0 Å². The van der Waals surface area contributed by atoms with Gasteiger partial charge >= 0.3 is 0 Å². The first-order chi connectivity index (χ1) is 12.1. The lowest BCUT2D eigenvalue weighted by atomic mass is 10.2. The molecule has 2 aromatic carbocycles. The number of nitrogens with zero attached hydrogens (tertiary/aromatic N) is 4. The van der Waals surface area contributed by atoms with Crippen LogP contribution in [0.3, 0.4) is 0 Å². The minimum Gasteiger partial charge on any atom is -0.302 e. The van der Waals surface area contributed by atoms with Crippen LogP contribution >= 0.6 is 27.7 Å². The zero-order valence-corrected chi connectivity index (χ0v) is 15.8. The van der Waals surface area contributed by atoms with E-state index in [2.05, 4.69) is 26.1 Å². The summed E-state index contributed by atoms with van der Waals surface area (Å²) in [5.74, 6) is 1.41. The molecule has 1 heterocycles. The van der Waals surface area contributed by atoms with Crippen LogP contribution in [0.2, 0.25) is 0 Å². The molecule has 1 aromatic heterocycles. The summed E-state index contributed by atoms with van der Waals surface area (Å²) in [7, 11) is 0. The molecule has 0 N–H and O–H groups in total. The summed E-state index contributed by atoms with van der Waals surface area (Å²) in [5.41, 5.74) is 1.99. The molecule has 0 aliphatic rings. The van der Waals surface area contributed by atoms with E-state index >= 15 is 0 Å². The van der Waals surface area contributed by atoms with Gasteiger partial charge < -0.3 is 4.57 Å². The van der Waals surface area contributed by atoms with Gasteiger partial charge in [0.1, 0.15) is 0 Å². The van der Waals surface area contributed by atoms with E-state index < -0.39 is 0 Å². The van der Waals surface area contributed by atoms with E-state index in [-0.39, 0.29) is 10.6 Å². The number of nitro benzene ring substituents is 1. The summed E-state index contributed by atoms with van der Waals surface area (Å²) in [6, 6.07) is 14.6. The topological polar surface area (TPSA) is 73.8 Å². The maximum Gasteiger partial charge on any atom is 0.269 e. The maximum atomic E-state index is 10.9. The fraction of sp³-hybridized carbons (Fsp3) is 0.176. The Kier molecular flexibility index (Phi) is 5.50. The molecule has 0 saturated heterocycles. The second-order valence-corrected chi connectivity index (χ2v) is 7.13. The zero-order chi connectivity index (χ0) is 17.8. The summed E-state index contributed by atoms with van der Waals surface area (Å²) in [6.45, 7) is 2.79. The van der Waals surface area contributed by atoms with Crippen LogP contribution in [-0.2, 0) is 12.3 Å². The van der Waals surface area contributed by atoms with E-state index in [9.17, 15) is 10.1 Å². The Balaban J connectivity index is 1.80. The molecule has 3 aromatic rings. The maximum absolute atomic E-state index is 10.9. The molecule has 8 heteroatoms.